The van der Waals surface area contributed by atoms with Crippen molar-refractivity contribution in [2.75, 3.05) is 0 Å². The van der Waals surface area contributed by atoms with Gasteiger partial charge in [-0.25, -0.2) is 0 Å². The largest absolute Gasteiger partial charge is 0.0887 e. The second-order valence-corrected chi connectivity index (χ2v) is 13.4. The Bertz CT molecular complexity index is 591. The van der Waals surface area contributed by atoms with Crippen LogP contribution in [0.3, 0.4) is 0 Å². The van der Waals surface area contributed by atoms with Gasteiger partial charge in [0.05, 0.1) is 0 Å². The molecule has 0 N–H and O–H groups in total. The minimum absolute atomic E-state index is 0.523. The summed E-state index contributed by atoms with van der Waals surface area (Å²) in [5, 5.41) is 0. The fourth-order valence-electron chi connectivity index (χ4n) is 8.64. The van der Waals surface area contributed by atoms with Gasteiger partial charge in [0, 0.05) is 4.83 Å². The van der Waals surface area contributed by atoms with Gasteiger partial charge >= 0.3 is 0 Å². The Balaban J connectivity index is 1.49. The van der Waals surface area contributed by atoms with Crippen LogP contribution in [0.1, 0.15) is 105 Å². The summed E-state index contributed by atoms with van der Waals surface area (Å²) in [6.45, 7) is 12.7. The van der Waals surface area contributed by atoms with E-state index in [4.69, 9.17) is 0 Å². The van der Waals surface area contributed by atoms with Gasteiger partial charge in [-0.05, 0) is 97.7 Å². The molecule has 8 atom stereocenters. The van der Waals surface area contributed by atoms with E-state index in [0.29, 0.717) is 10.8 Å². The second-order valence-electron chi connectivity index (χ2n) is 12.1. The van der Waals surface area contributed by atoms with Crippen molar-refractivity contribution in [3.05, 3.63) is 11.6 Å². The molecular weight excluding hydrogens is 404 g/mol. The van der Waals surface area contributed by atoms with E-state index in [2.05, 4.69) is 56.6 Å². The number of allylic oxidation sites excluding steroid dienone is 2. The van der Waals surface area contributed by atoms with E-state index < -0.39 is 0 Å². The highest BCUT2D eigenvalue weighted by Crippen LogP contribution is 2.67. The van der Waals surface area contributed by atoms with Gasteiger partial charge in [-0.3, -0.25) is 0 Å². The molecule has 0 nitrogen and oxygen atoms in total. The fourth-order valence-corrected chi connectivity index (χ4v) is 9.22. The summed E-state index contributed by atoms with van der Waals surface area (Å²) in [6, 6.07) is 0. The summed E-state index contributed by atoms with van der Waals surface area (Å²) >= 11 is 3.93. The smallest absolute Gasteiger partial charge is 0.0183 e. The van der Waals surface area contributed by atoms with Crippen molar-refractivity contribution >= 4 is 15.9 Å². The predicted octanol–water partition coefficient (Wildman–Crippen LogP) is 8.79. The Morgan fingerprint density at radius 1 is 1.00 bits per heavy atom. The minimum atomic E-state index is 0.523. The third kappa shape index (κ3) is 3.58. The molecule has 28 heavy (non-hydrogen) atoms. The lowest BCUT2D eigenvalue weighted by atomic mass is 9.47. The number of alkyl halides is 1. The van der Waals surface area contributed by atoms with E-state index in [1.54, 1.807) is 0 Å². The van der Waals surface area contributed by atoms with Crippen molar-refractivity contribution < 1.29 is 0 Å². The van der Waals surface area contributed by atoms with Crippen molar-refractivity contribution in [3.63, 3.8) is 0 Å². The first-order chi connectivity index (χ1) is 13.3. The Hall–Kier alpha value is 0.220. The van der Waals surface area contributed by atoms with Crippen LogP contribution in [0, 0.1) is 46.3 Å². The molecule has 0 aromatic rings. The Labute approximate surface area is 183 Å². The average Bonchev–Trinajstić information content (AvgIpc) is 2.99. The van der Waals surface area contributed by atoms with Crippen molar-refractivity contribution in [1.29, 1.82) is 0 Å². The molecule has 0 saturated heterocycles. The van der Waals surface area contributed by atoms with Crippen molar-refractivity contribution in [1.82, 2.24) is 0 Å². The first kappa shape index (κ1) is 21.5. The summed E-state index contributed by atoms with van der Waals surface area (Å²) in [5.41, 5.74) is 2.98. The van der Waals surface area contributed by atoms with Crippen LogP contribution in [0.2, 0.25) is 0 Å². The highest BCUT2D eigenvalue weighted by Gasteiger charge is 2.58. The highest BCUT2D eigenvalue weighted by molar-refractivity contribution is 9.09. The number of rotatable bonds is 5. The molecule has 3 unspecified atom stereocenters. The van der Waals surface area contributed by atoms with Crippen LogP contribution in [-0.2, 0) is 0 Å². The van der Waals surface area contributed by atoms with Gasteiger partial charge in [0.2, 0.25) is 0 Å². The van der Waals surface area contributed by atoms with Gasteiger partial charge in [-0.1, -0.05) is 81.5 Å². The first-order valence-corrected chi connectivity index (χ1v) is 13.5. The summed E-state index contributed by atoms with van der Waals surface area (Å²) in [4.78, 5) is 0.736. The van der Waals surface area contributed by atoms with Gasteiger partial charge in [0.25, 0.3) is 0 Å². The molecule has 0 aromatic carbocycles. The highest BCUT2D eigenvalue weighted by atomic mass is 79.9. The van der Waals surface area contributed by atoms with Gasteiger partial charge in [-0.15, -0.1) is 0 Å². The SMILES string of the molecule is CC(C)CCC[C@@H](C)[C@H]1CCC2C3CC=C4C[C@@H](Br)CC[C@]4(C)C3CC[C@@]21C. The van der Waals surface area contributed by atoms with E-state index in [0.717, 1.165) is 40.3 Å². The van der Waals surface area contributed by atoms with E-state index in [9.17, 15) is 0 Å². The lowest BCUT2D eigenvalue weighted by Crippen LogP contribution is -2.50. The zero-order chi connectivity index (χ0) is 20.1. The second kappa shape index (κ2) is 8.05. The lowest BCUT2D eigenvalue weighted by molar-refractivity contribution is -0.0496. The summed E-state index contributed by atoms with van der Waals surface area (Å²) < 4.78 is 0. The number of fused-ring (bicyclic) bond motifs is 5. The van der Waals surface area contributed by atoms with Gasteiger partial charge in [0.15, 0.2) is 0 Å². The van der Waals surface area contributed by atoms with Crippen LogP contribution in [0.5, 0.6) is 0 Å². The van der Waals surface area contributed by atoms with Crippen LogP contribution in [0.4, 0.5) is 0 Å². The van der Waals surface area contributed by atoms with Crippen LogP contribution >= 0.6 is 15.9 Å². The van der Waals surface area contributed by atoms with Crippen molar-refractivity contribution in [2.24, 2.45) is 46.3 Å². The molecule has 0 radical (unpaired) electrons. The van der Waals surface area contributed by atoms with Gasteiger partial charge in [-0.2, -0.15) is 0 Å². The number of hydrogen-bond donors (Lipinski definition) is 0. The Morgan fingerprint density at radius 3 is 2.54 bits per heavy atom. The number of halogens is 1. The summed E-state index contributed by atoms with van der Waals surface area (Å²) in [7, 11) is 0. The fraction of sp³-hybridized carbons (Fsp3) is 0.926. The van der Waals surface area contributed by atoms with E-state index >= 15 is 0 Å². The molecule has 1 heteroatoms. The molecule has 0 amide bonds. The molecule has 0 heterocycles. The maximum Gasteiger partial charge on any atom is 0.0183 e. The third-order valence-corrected chi connectivity index (χ3v) is 11.0. The predicted molar refractivity (Wildman–Crippen MR) is 126 cm³/mol. The van der Waals surface area contributed by atoms with Crippen molar-refractivity contribution in [3.8, 4) is 0 Å². The summed E-state index contributed by atoms with van der Waals surface area (Å²) in [6.07, 6.45) is 18.6. The van der Waals surface area contributed by atoms with Crippen molar-refractivity contribution in [2.45, 2.75) is 110 Å². The first-order valence-electron chi connectivity index (χ1n) is 12.6. The van der Waals surface area contributed by atoms with Crippen LogP contribution in [-0.4, -0.2) is 4.83 Å². The number of hydrogen-bond acceptors (Lipinski definition) is 0. The zero-order valence-corrected chi connectivity index (χ0v) is 20.9. The van der Waals surface area contributed by atoms with E-state index in [-0.39, 0.29) is 0 Å². The lowest BCUT2D eigenvalue weighted by Gasteiger charge is -2.58. The normalized spacial score (nSPS) is 46.5. The molecule has 0 spiro atoms. The molecule has 4 aliphatic rings. The van der Waals surface area contributed by atoms with Crippen LogP contribution < -0.4 is 0 Å². The van der Waals surface area contributed by atoms with Gasteiger partial charge in [0.1, 0.15) is 0 Å². The molecule has 4 aliphatic carbocycles. The van der Waals surface area contributed by atoms with E-state index in [1.165, 1.54) is 70.6 Å². The monoisotopic (exact) mass is 448 g/mol. The molecule has 3 saturated carbocycles. The molecular formula is C27H45Br. The topological polar surface area (TPSA) is 0 Å². The zero-order valence-electron chi connectivity index (χ0n) is 19.3. The minimum Gasteiger partial charge on any atom is -0.0887 e. The maximum absolute atomic E-state index is 3.93. The maximum atomic E-state index is 3.93. The Kier molecular flexibility index (Phi) is 6.17. The molecule has 0 bridgehead atoms. The molecule has 160 valence electrons. The van der Waals surface area contributed by atoms with Crippen LogP contribution in [0.25, 0.3) is 0 Å². The van der Waals surface area contributed by atoms with Crippen LogP contribution in [0.15, 0.2) is 11.6 Å². The average molecular weight is 450 g/mol. The van der Waals surface area contributed by atoms with E-state index in [1.807, 2.05) is 5.57 Å². The van der Waals surface area contributed by atoms with Gasteiger partial charge < -0.3 is 0 Å². The Morgan fingerprint density at radius 2 is 1.79 bits per heavy atom. The molecule has 0 aromatic heterocycles. The molecule has 0 aliphatic heterocycles. The molecule has 4 rings (SSSR count). The summed E-state index contributed by atoms with van der Waals surface area (Å²) in [5.74, 6) is 5.74. The standard InChI is InChI=1S/C27H45Br/c1-18(2)7-6-8-19(3)23-11-12-24-22-10-9-20-17-21(28)13-15-26(20,4)25(22)14-16-27(23,24)5/h9,18-19,21-25H,6-8,10-17H2,1-5H3/t19-,21+,22?,23-,24?,25?,26+,27-/m1/s1. The molecule has 3 fully saturated rings. The third-order valence-electron chi connectivity index (χ3n) is 10.2. The quantitative estimate of drug-likeness (QED) is 0.291.